The minimum atomic E-state index is -1.48. The summed E-state index contributed by atoms with van der Waals surface area (Å²) < 4.78 is 11.9. The number of aromatic nitrogens is 1. The van der Waals surface area contributed by atoms with E-state index in [0.717, 1.165) is 32.1 Å². The predicted molar refractivity (Wildman–Crippen MR) is 117 cm³/mol. The predicted octanol–water partition coefficient (Wildman–Crippen LogP) is 2.89. The summed E-state index contributed by atoms with van der Waals surface area (Å²) in [5.74, 6) is -1.48. The fourth-order valence-electron chi connectivity index (χ4n) is 4.45. The molecule has 0 amide bonds. The van der Waals surface area contributed by atoms with E-state index in [-0.39, 0.29) is 6.61 Å². The van der Waals surface area contributed by atoms with Crippen molar-refractivity contribution in [2.45, 2.75) is 57.1 Å². The number of aliphatic hydroxyl groups is 3. The molecule has 1 spiro atoms. The van der Waals surface area contributed by atoms with Crippen LogP contribution in [0.3, 0.4) is 0 Å². The number of aliphatic hydroxyl groups excluding tert-OH is 3. The van der Waals surface area contributed by atoms with E-state index in [9.17, 15) is 15.3 Å². The van der Waals surface area contributed by atoms with Crippen LogP contribution in [0.5, 0.6) is 0 Å². The van der Waals surface area contributed by atoms with Gasteiger partial charge in [0.15, 0.2) is 0 Å². The molecule has 31 heavy (non-hydrogen) atoms. The first-order valence-electron chi connectivity index (χ1n) is 10.4. The van der Waals surface area contributed by atoms with Gasteiger partial charge in [-0.15, -0.1) is 11.3 Å². The van der Waals surface area contributed by atoms with E-state index in [1.807, 2.05) is 43.5 Å². The molecule has 3 aromatic rings. The lowest BCUT2D eigenvalue weighted by Gasteiger charge is -2.45. The van der Waals surface area contributed by atoms with Crippen LogP contribution >= 0.6 is 11.3 Å². The lowest BCUT2D eigenvalue weighted by atomic mass is 9.86. The first-order valence-corrected chi connectivity index (χ1v) is 11.2. The van der Waals surface area contributed by atoms with E-state index in [4.69, 9.17) is 9.47 Å². The highest BCUT2D eigenvalue weighted by molar-refractivity contribution is 7.15. The number of benzene rings is 2. The van der Waals surface area contributed by atoms with Gasteiger partial charge in [-0.1, -0.05) is 36.4 Å². The quantitative estimate of drug-likeness (QED) is 0.581. The van der Waals surface area contributed by atoms with Crippen molar-refractivity contribution < 1.29 is 24.8 Å². The van der Waals surface area contributed by atoms with Gasteiger partial charge in [-0.05, 0) is 42.2 Å². The molecule has 5 rings (SSSR count). The van der Waals surface area contributed by atoms with Gasteiger partial charge < -0.3 is 24.8 Å². The fraction of sp³-hybridized carbons (Fsp3) is 0.375. The van der Waals surface area contributed by atoms with Crippen LogP contribution in [0.1, 0.15) is 34.2 Å². The SMILES string of the molecule is Cc1cc2c(cc1Cc1ncc(-c3ccccc3)s1)[C@]1(OC2)O[C@H](C)[C@@H](O)[C@H](O)[C@H]1O. The molecule has 162 valence electrons. The van der Waals surface area contributed by atoms with E-state index >= 15 is 0 Å². The Kier molecular flexibility index (Phi) is 5.21. The highest BCUT2D eigenvalue weighted by Crippen LogP contribution is 2.46. The summed E-state index contributed by atoms with van der Waals surface area (Å²) >= 11 is 1.66. The van der Waals surface area contributed by atoms with Crippen LogP contribution in [0.2, 0.25) is 0 Å². The molecule has 3 N–H and O–H groups in total. The molecule has 2 aliphatic rings. The maximum Gasteiger partial charge on any atom is 0.225 e. The molecule has 5 atom stereocenters. The smallest absolute Gasteiger partial charge is 0.225 e. The van der Waals surface area contributed by atoms with Crippen molar-refractivity contribution in [3.63, 3.8) is 0 Å². The minimum Gasteiger partial charge on any atom is -0.388 e. The Labute approximate surface area is 184 Å². The number of aryl methyl sites for hydroxylation is 1. The molecule has 0 bridgehead atoms. The first kappa shape index (κ1) is 20.8. The van der Waals surface area contributed by atoms with E-state index in [1.165, 1.54) is 0 Å². The molecule has 1 saturated heterocycles. The molecule has 2 aromatic carbocycles. The fourth-order valence-corrected chi connectivity index (χ4v) is 5.39. The molecule has 0 aliphatic carbocycles. The summed E-state index contributed by atoms with van der Waals surface area (Å²) in [6.07, 6.45) is -2.06. The van der Waals surface area contributed by atoms with Crippen LogP contribution in [0.25, 0.3) is 10.4 Å². The molecular weight excluding hydrogens is 414 g/mol. The van der Waals surface area contributed by atoms with Gasteiger partial charge in [-0.2, -0.15) is 0 Å². The van der Waals surface area contributed by atoms with Crippen LogP contribution in [0.4, 0.5) is 0 Å². The van der Waals surface area contributed by atoms with E-state index in [1.54, 1.807) is 18.3 Å². The Hall–Kier alpha value is -2.13. The summed E-state index contributed by atoms with van der Waals surface area (Å²) in [7, 11) is 0. The molecule has 2 aliphatic heterocycles. The number of hydrogen-bond acceptors (Lipinski definition) is 7. The van der Waals surface area contributed by atoms with Crippen LogP contribution in [0, 0.1) is 6.92 Å². The number of ether oxygens (including phenoxy) is 2. The Morgan fingerprint density at radius 2 is 1.90 bits per heavy atom. The number of nitrogens with zero attached hydrogens (tertiary/aromatic N) is 1. The minimum absolute atomic E-state index is 0.276. The van der Waals surface area contributed by atoms with E-state index in [2.05, 4.69) is 17.1 Å². The van der Waals surface area contributed by atoms with Crippen LogP contribution < -0.4 is 0 Å². The average Bonchev–Trinajstić information content (AvgIpc) is 3.38. The normalized spacial score (nSPS) is 30.0. The molecule has 1 aromatic heterocycles. The van der Waals surface area contributed by atoms with Crippen molar-refractivity contribution in [1.82, 2.24) is 4.98 Å². The molecule has 0 radical (unpaired) electrons. The molecule has 3 heterocycles. The Balaban J connectivity index is 1.48. The highest BCUT2D eigenvalue weighted by atomic mass is 32.1. The maximum absolute atomic E-state index is 10.8. The molecule has 6 nitrogen and oxygen atoms in total. The third-order valence-electron chi connectivity index (χ3n) is 6.24. The van der Waals surface area contributed by atoms with Gasteiger partial charge in [0.2, 0.25) is 5.79 Å². The zero-order valence-corrected chi connectivity index (χ0v) is 18.2. The maximum atomic E-state index is 10.8. The second-order valence-electron chi connectivity index (χ2n) is 8.30. The monoisotopic (exact) mass is 439 g/mol. The van der Waals surface area contributed by atoms with Gasteiger partial charge in [0.05, 0.1) is 22.6 Å². The number of thiazole rings is 1. The zero-order valence-electron chi connectivity index (χ0n) is 17.4. The van der Waals surface area contributed by atoms with Crippen molar-refractivity contribution >= 4 is 11.3 Å². The Bertz CT molecular complexity index is 1100. The van der Waals surface area contributed by atoms with E-state index < -0.39 is 30.2 Å². The lowest BCUT2D eigenvalue weighted by Crippen LogP contribution is -2.62. The number of fused-ring (bicyclic) bond motifs is 2. The van der Waals surface area contributed by atoms with Crippen molar-refractivity contribution in [2.24, 2.45) is 0 Å². The second-order valence-corrected chi connectivity index (χ2v) is 9.42. The number of hydrogen-bond donors (Lipinski definition) is 3. The largest absolute Gasteiger partial charge is 0.388 e. The van der Waals surface area contributed by atoms with Crippen LogP contribution in [0.15, 0.2) is 48.7 Å². The van der Waals surface area contributed by atoms with Crippen LogP contribution in [-0.4, -0.2) is 44.7 Å². The van der Waals surface area contributed by atoms with Gasteiger partial charge in [0.25, 0.3) is 0 Å². The van der Waals surface area contributed by atoms with Crippen molar-refractivity contribution in [2.75, 3.05) is 0 Å². The lowest BCUT2D eigenvalue weighted by molar-refractivity contribution is -0.362. The van der Waals surface area contributed by atoms with Crippen molar-refractivity contribution in [3.05, 3.63) is 75.9 Å². The second kappa shape index (κ2) is 7.78. The molecular formula is C24H25NO5S. The van der Waals surface area contributed by atoms with E-state index in [0.29, 0.717) is 12.0 Å². The Morgan fingerprint density at radius 3 is 2.68 bits per heavy atom. The van der Waals surface area contributed by atoms with Gasteiger partial charge in [-0.3, -0.25) is 0 Å². The molecule has 1 fully saturated rings. The molecule has 0 unspecified atom stereocenters. The van der Waals surface area contributed by atoms with Gasteiger partial charge >= 0.3 is 0 Å². The summed E-state index contributed by atoms with van der Waals surface area (Å²) in [5, 5.41) is 32.2. The summed E-state index contributed by atoms with van der Waals surface area (Å²) in [4.78, 5) is 5.73. The molecule has 7 heteroatoms. The highest BCUT2D eigenvalue weighted by Gasteiger charge is 2.57. The standard InChI is InChI=1S/C24H25NO5S/c1-13-8-17-12-29-24(23(28)22(27)21(26)14(2)30-24)18(17)9-16(13)10-20-25-11-19(31-20)15-6-4-3-5-7-15/h3-9,11,14,21-23,26-28H,10,12H2,1-2H3/t14-,21-,22+,23-,24+/m1/s1. The zero-order chi connectivity index (χ0) is 21.8. The first-order chi connectivity index (χ1) is 14.9. The third kappa shape index (κ3) is 3.42. The number of rotatable bonds is 3. The summed E-state index contributed by atoms with van der Waals surface area (Å²) in [6, 6.07) is 14.2. The van der Waals surface area contributed by atoms with Crippen LogP contribution in [-0.2, 0) is 28.3 Å². The van der Waals surface area contributed by atoms with Crippen molar-refractivity contribution in [1.29, 1.82) is 0 Å². The van der Waals surface area contributed by atoms with Crippen molar-refractivity contribution in [3.8, 4) is 10.4 Å². The third-order valence-corrected chi connectivity index (χ3v) is 7.28. The topological polar surface area (TPSA) is 92.0 Å². The van der Waals surface area contributed by atoms with Gasteiger partial charge in [0, 0.05) is 18.2 Å². The van der Waals surface area contributed by atoms with Gasteiger partial charge in [0.1, 0.15) is 18.3 Å². The Morgan fingerprint density at radius 1 is 1.13 bits per heavy atom. The molecule has 0 saturated carbocycles. The average molecular weight is 440 g/mol. The summed E-state index contributed by atoms with van der Waals surface area (Å²) in [5.41, 5.74) is 4.93. The van der Waals surface area contributed by atoms with Gasteiger partial charge in [-0.25, -0.2) is 4.98 Å². The summed E-state index contributed by atoms with van der Waals surface area (Å²) in [6.45, 7) is 3.99.